The van der Waals surface area contributed by atoms with E-state index in [1.54, 1.807) is 24.3 Å². The van der Waals surface area contributed by atoms with Crippen molar-refractivity contribution in [1.82, 2.24) is 9.13 Å². The number of hydrogen-bond donors (Lipinski definition) is 1. The van der Waals surface area contributed by atoms with Crippen molar-refractivity contribution in [3.63, 3.8) is 0 Å². The summed E-state index contributed by atoms with van der Waals surface area (Å²) < 4.78 is 11.8. The van der Waals surface area contributed by atoms with Crippen LogP contribution in [0.15, 0.2) is 39.9 Å². The number of methoxy groups -OCH3 is 1. The Morgan fingerprint density at radius 1 is 1.12 bits per heavy atom. The number of amides is 1. The van der Waals surface area contributed by atoms with Crippen molar-refractivity contribution in [3.8, 4) is 5.75 Å². The van der Waals surface area contributed by atoms with Crippen LogP contribution in [0, 0.1) is 0 Å². The molecule has 0 radical (unpaired) electrons. The molecule has 9 heteroatoms. The van der Waals surface area contributed by atoms with Crippen LogP contribution < -0.4 is 21.3 Å². The number of benzene rings is 1. The van der Waals surface area contributed by atoms with Gasteiger partial charge in [0.1, 0.15) is 11.4 Å². The lowest BCUT2D eigenvalue weighted by atomic mass is 10.3. The number of esters is 1. The quantitative estimate of drug-likeness (QED) is 0.756. The number of nitrogens with one attached hydrogen (secondary N) is 1. The second-order valence-corrected chi connectivity index (χ2v) is 5.09. The third kappa shape index (κ3) is 3.94. The fraction of sp³-hybridized carbons (Fsp3) is 0.250. The molecular weight excluding hydrogens is 330 g/mol. The van der Waals surface area contributed by atoms with Crippen LogP contribution in [-0.4, -0.2) is 34.7 Å². The standard InChI is InChI=1S/C16H17N3O6/c1-18-11(8-14(21)19(2)16(18)23)15(22)25-9-13(20)17-10-6-4-5-7-12(10)24-3/h4-8H,9H2,1-3H3,(H,17,20). The highest BCUT2D eigenvalue weighted by molar-refractivity contribution is 5.95. The lowest BCUT2D eigenvalue weighted by Gasteiger charge is -2.11. The van der Waals surface area contributed by atoms with Crippen LogP contribution in [0.3, 0.4) is 0 Å². The number of carbonyl (C=O) groups is 2. The Morgan fingerprint density at radius 2 is 1.80 bits per heavy atom. The van der Waals surface area contributed by atoms with Crippen molar-refractivity contribution in [3.05, 3.63) is 56.9 Å². The largest absolute Gasteiger partial charge is 0.495 e. The average molecular weight is 347 g/mol. The summed E-state index contributed by atoms with van der Waals surface area (Å²) in [6.45, 7) is -0.583. The minimum atomic E-state index is -0.951. The summed E-state index contributed by atoms with van der Waals surface area (Å²) >= 11 is 0. The predicted octanol–water partition coefficient (Wildman–Crippen LogP) is -0.112. The summed E-state index contributed by atoms with van der Waals surface area (Å²) in [5, 5.41) is 2.54. The van der Waals surface area contributed by atoms with Crippen LogP contribution in [0.2, 0.25) is 0 Å². The van der Waals surface area contributed by atoms with Crippen molar-refractivity contribution in [2.45, 2.75) is 0 Å². The van der Waals surface area contributed by atoms with E-state index in [0.29, 0.717) is 11.4 Å². The van der Waals surface area contributed by atoms with Gasteiger partial charge >= 0.3 is 11.7 Å². The number of hydrogen-bond acceptors (Lipinski definition) is 6. The molecule has 0 fully saturated rings. The molecule has 2 rings (SSSR count). The first-order chi connectivity index (χ1) is 11.8. The number of nitrogens with zero attached hydrogens (tertiary/aromatic N) is 2. The Kier molecular flexibility index (Phi) is 5.38. The second kappa shape index (κ2) is 7.47. The minimum absolute atomic E-state index is 0.238. The number of para-hydroxylation sites is 2. The number of aromatic nitrogens is 2. The van der Waals surface area contributed by atoms with E-state index in [2.05, 4.69) is 5.32 Å². The maximum Gasteiger partial charge on any atom is 0.355 e. The third-order valence-electron chi connectivity index (χ3n) is 3.45. The molecule has 0 saturated carbocycles. The molecule has 0 unspecified atom stereocenters. The van der Waals surface area contributed by atoms with Crippen molar-refractivity contribution >= 4 is 17.6 Å². The normalized spacial score (nSPS) is 10.2. The molecule has 9 nitrogen and oxygen atoms in total. The molecule has 1 aromatic heterocycles. The smallest absolute Gasteiger partial charge is 0.355 e. The fourth-order valence-corrected chi connectivity index (χ4v) is 2.07. The van der Waals surface area contributed by atoms with Crippen LogP contribution >= 0.6 is 0 Å². The lowest BCUT2D eigenvalue weighted by Crippen LogP contribution is -2.39. The van der Waals surface area contributed by atoms with Crippen LogP contribution in [-0.2, 0) is 23.6 Å². The monoisotopic (exact) mass is 347 g/mol. The molecule has 25 heavy (non-hydrogen) atoms. The van der Waals surface area contributed by atoms with E-state index in [-0.39, 0.29) is 5.69 Å². The van der Waals surface area contributed by atoms with E-state index in [1.165, 1.54) is 21.2 Å². The molecule has 2 aromatic rings. The van der Waals surface area contributed by atoms with E-state index < -0.39 is 29.7 Å². The summed E-state index contributed by atoms with van der Waals surface area (Å²) in [4.78, 5) is 47.3. The number of anilines is 1. The van der Waals surface area contributed by atoms with Crippen LogP contribution in [0.1, 0.15) is 10.5 Å². The molecule has 132 valence electrons. The topological polar surface area (TPSA) is 109 Å². The summed E-state index contributed by atoms with van der Waals surface area (Å²) in [5.74, 6) is -1.09. The Morgan fingerprint density at radius 3 is 2.48 bits per heavy atom. The minimum Gasteiger partial charge on any atom is -0.495 e. The molecule has 0 atom stereocenters. The molecule has 0 spiro atoms. The van der Waals surface area contributed by atoms with Gasteiger partial charge in [-0.25, -0.2) is 9.59 Å². The van der Waals surface area contributed by atoms with E-state index in [1.807, 2.05) is 0 Å². The van der Waals surface area contributed by atoms with Crippen LogP contribution in [0.5, 0.6) is 5.75 Å². The first-order valence-corrected chi connectivity index (χ1v) is 7.22. The number of ether oxygens (including phenoxy) is 2. The zero-order valence-corrected chi connectivity index (χ0v) is 13.9. The van der Waals surface area contributed by atoms with Gasteiger partial charge in [0.2, 0.25) is 0 Å². The van der Waals surface area contributed by atoms with Crippen molar-refractivity contribution < 1.29 is 19.1 Å². The van der Waals surface area contributed by atoms with Gasteiger partial charge in [-0.3, -0.25) is 18.7 Å². The van der Waals surface area contributed by atoms with Gasteiger partial charge in [0.15, 0.2) is 6.61 Å². The Hall–Kier alpha value is -3.36. The maximum absolute atomic E-state index is 12.0. The lowest BCUT2D eigenvalue weighted by molar-refractivity contribution is -0.119. The Bertz CT molecular complexity index is 928. The summed E-state index contributed by atoms with van der Waals surface area (Å²) in [5.41, 5.74) is -1.13. The number of carbonyl (C=O) groups excluding carboxylic acids is 2. The molecular formula is C16H17N3O6. The maximum atomic E-state index is 12.0. The van der Waals surface area contributed by atoms with E-state index in [4.69, 9.17) is 9.47 Å². The molecule has 0 aliphatic carbocycles. The first-order valence-electron chi connectivity index (χ1n) is 7.22. The number of rotatable bonds is 5. The van der Waals surface area contributed by atoms with Crippen molar-refractivity contribution in [2.24, 2.45) is 14.1 Å². The van der Waals surface area contributed by atoms with Gasteiger partial charge in [0.25, 0.3) is 11.5 Å². The van der Waals surface area contributed by atoms with Crippen LogP contribution in [0.25, 0.3) is 0 Å². The molecule has 1 N–H and O–H groups in total. The molecule has 0 aliphatic heterocycles. The molecule has 0 saturated heterocycles. The van der Waals surface area contributed by atoms with Gasteiger partial charge in [0, 0.05) is 20.2 Å². The summed E-state index contributed by atoms with van der Waals surface area (Å²) in [6, 6.07) is 7.72. The zero-order chi connectivity index (χ0) is 18.6. The SMILES string of the molecule is COc1ccccc1NC(=O)COC(=O)c1cc(=O)n(C)c(=O)n1C. The van der Waals surface area contributed by atoms with E-state index in [9.17, 15) is 19.2 Å². The Balaban J connectivity index is 2.07. The zero-order valence-electron chi connectivity index (χ0n) is 13.9. The summed E-state index contributed by atoms with van der Waals surface area (Å²) in [6.07, 6.45) is 0. The molecule has 0 bridgehead atoms. The Labute approximate surface area is 142 Å². The van der Waals surface area contributed by atoms with Crippen molar-refractivity contribution in [1.29, 1.82) is 0 Å². The van der Waals surface area contributed by atoms with E-state index in [0.717, 1.165) is 15.2 Å². The third-order valence-corrected chi connectivity index (χ3v) is 3.45. The van der Waals surface area contributed by atoms with Gasteiger partial charge < -0.3 is 14.8 Å². The van der Waals surface area contributed by atoms with Crippen molar-refractivity contribution in [2.75, 3.05) is 19.0 Å². The highest BCUT2D eigenvalue weighted by Gasteiger charge is 2.17. The predicted molar refractivity (Wildman–Crippen MR) is 88.8 cm³/mol. The fourth-order valence-electron chi connectivity index (χ4n) is 2.07. The highest BCUT2D eigenvalue weighted by Crippen LogP contribution is 2.22. The first kappa shape index (κ1) is 18.0. The summed E-state index contributed by atoms with van der Waals surface area (Å²) in [7, 11) is 4.08. The second-order valence-electron chi connectivity index (χ2n) is 5.09. The van der Waals surface area contributed by atoms with Gasteiger partial charge in [-0.1, -0.05) is 12.1 Å². The van der Waals surface area contributed by atoms with Gasteiger partial charge in [-0.2, -0.15) is 0 Å². The highest BCUT2D eigenvalue weighted by atomic mass is 16.5. The molecule has 1 heterocycles. The van der Waals surface area contributed by atoms with E-state index >= 15 is 0 Å². The van der Waals surface area contributed by atoms with Crippen LogP contribution in [0.4, 0.5) is 5.69 Å². The average Bonchev–Trinajstić information content (AvgIpc) is 2.61. The van der Waals surface area contributed by atoms with Gasteiger partial charge in [-0.15, -0.1) is 0 Å². The molecule has 1 aromatic carbocycles. The van der Waals surface area contributed by atoms with Gasteiger partial charge in [0.05, 0.1) is 12.8 Å². The van der Waals surface area contributed by atoms with Gasteiger partial charge in [-0.05, 0) is 12.1 Å². The molecule has 0 aliphatic rings. The molecule has 1 amide bonds.